The first kappa shape index (κ1) is 19.9. The Morgan fingerprint density at radius 3 is 1.71 bits per heavy atom. The minimum Gasteiger partial charge on any atom is -0.497 e. The summed E-state index contributed by atoms with van der Waals surface area (Å²) in [5.74, 6) is 2.74. The summed E-state index contributed by atoms with van der Waals surface area (Å²) in [6, 6.07) is 15.9. The van der Waals surface area contributed by atoms with E-state index >= 15 is 0 Å². The van der Waals surface area contributed by atoms with Gasteiger partial charge in [-0.05, 0) is 51.3 Å². The van der Waals surface area contributed by atoms with Crippen LogP contribution in [0.1, 0.15) is 11.1 Å². The molecule has 3 aromatic rings. The van der Waals surface area contributed by atoms with Crippen molar-refractivity contribution >= 4 is 21.9 Å². The number of benzene rings is 2. The molecule has 0 atom stereocenters. The number of methoxy groups -OCH3 is 3. The third kappa shape index (κ3) is 4.92. The minimum absolute atomic E-state index is 0.500. The lowest BCUT2D eigenvalue weighted by Gasteiger charge is -2.23. The Bertz CT molecular complexity index is 852. The Morgan fingerprint density at radius 1 is 0.786 bits per heavy atom. The summed E-state index contributed by atoms with van der Waals surface area (Å²) in [5.41, 5.74) is 2.25. The van der Waals surface area contributed by atoms with Crippen molar-refractivity contribution in [3.8, 4) is 17.4 Å². The van der Waals surface area contributed by atoms with Crippen molar-refractivity contribution in [1.82, 2.24) is 9.97 Å². The molecule has 0 saturated heterocycles. The van der Waals surface area contributed by atoms with E-state index in [4.69, 9.17) is 14.2 Å². The Morgan fingerprint density at radius 2 is 1.29 bits per heavy atom. The largest absolute Gasteiger partial charge is 0.497 e. The molecule has 0 spiro atoms. The fraction of sp³-hybridized carbons (Fsp3) is 0.238. The SMILES string of the molecule is COc1ccc(CN(Cc2ccc(OC)cc2)c2ncc(Br)c(OC)n2)cc1. The molecule has 0 aliphatic heterocycles. The molecule has 3 rings (SSSR count). The number of aromatic nitrogens is 2. The molecule has 0 fully saturated rings. The summed E-state index contributed by atoms with van der Waals surface area (Å²) in [4.78, 5) is 11.1. The summed E-state index contributed by atoms with van der Waals surface area (Å²) in [6.07, 6.45) is 1.70. The first-order chi connectivity index (χ1) is 13.6. The van der Waals surface area contributed by atoms with E-state index in [1.807, 2.05) is 48.5 Å². The summed E-state index contributed by atoms with van der Waals surface area (Å²) >= 11 is 3.41. The quantitative estimate of drug-likeness (QED) is 0.511. The van der Waals surface area contributed by atoms with Crippen molar-refractivity contribution in [2.75, 3.05) is 26.2 Å². The lowest BCUT2D eigenvalue weighted by atomic mass is 10.1. The predicted molar refractivity (Wildman–Crippen MR) is 112 cm³/mol. The molecule has 0 aliphatic rings. The van der Waals surface area contributed by atoms with Crippen LogP contribution in [0.25, 0.3) is 0 Å². The molecule has 1 aromatic heterocycles. The molecule has 28 heavy (non-hydrogen) atoms. The Labute approximate surface area is 173 Å². The second kappa shape index (κ2) is 9.41. The van der Waals surface area contributed by atoms with Crippen LogP contribution in [0, 0.1) is 0 Å². The highest BCUT2D eigenvalue weighted by Crippen LogP contribution is 2.26. The molecule has 146 valence electrons. The molecule has 0 bridgehead atoms. The van der Waals surface area contributed by atoms with E-state index in [2.05, 4.69) is 30.8 Å². The molecule has 0 amide bonds. The monoisotopic (exact) mass is 443 g/mol. The maximum atomic E-state index is 5.34. The molecule has 0 radical (unpaired) electrons. The highest BCUT2D eigenvalue weighted by molar-refractivity contribution is 9.10. The van der Waals surface area contributed by atoms with E-state index in [9.17, 15) is 0 Å². The zero-order valence-corrected chi connectivity index (χ0v) is 17.6. The van der Waals surface area contributed by atoms with Crippen molar-refractivity contribution in [1.29, 1.82) is 0 Å². The van der Waals surface area contributed by atoms with Crippen LogP contribution in [0.4, 0.5) is 5.95 Å². The third-order valence-electron chi connectivity index (χ3n) is 4.24. The van der Waals surface area contributed by atoms with Crippen molar-refractivity contribution in [3.05, 3.63) is 70.3 Å². The van der Waals surface area contributed by atoms with Crippen molar-refractivity contribution < 1.29 is 14.2 Å². The van der Waals surface area contributed by atoms with E-state index in [1.54, 1.807) is 27.5 Å². The van der Waals surface area contributed by atoms with Gasteiger partial charge in [0.25, 0.3) is 0 Å². The van der Waals surface area contributed by atoms with Gasteiger partial charge in [-0.25, -0.2) is 4.98 Å². The maximum absolute atomic E-state index is 5.34. The van der Waals surface area contributed by atoms with Gasteiger partial charge in [0.15, 0.2) is 0 Å². The maximum Gasteiger partial charge on any atom is 0.232 e. The number of hydrogen-bond donors (Lipinski definition) is 0. The van der Waals surface area contributed by atoms with Crippen LogP contribution >= 0.6 is 15.9 Å². The number of ether oxygens (including phenoxy) is 3. The summed E-state index contributed by atoms with van der Waals surface area (Å²) in [7, 11) is 4.91. The van der Waals surface area contributed by atoms with Gasteiger partial charge in [0.1, 0.15) is 11.5 Å². The minimum atomic E-state index is 0.500. The first-order valence-electron chi connectivity index (χ1n) is 8.70. The van der Waals surface area contributed by atoms with Crippen molar-refractivity contribution in [2.45, 2.75) is 13.1 Å². The topological polar surface area (TPSA) is 56.7 Å². The third-order valence-corrected chi connectivity index (χ3v) is 4.78. The molecular weight excluding hydrogens is 422 g/mol. The Kier molecular flexibility index (Phi) is 6.71. The van der Waals surface area contributed by atoms with Gasteiger partial charge in [-0.2, -0.15) is 4.98 Å². The van der Waals surface area contributed by atoms with Crippen LogP contribution in [-0.4, -0.2) is 31.3 Å². The lowest BCUT2D eigenvalue weighted by Crippen LogP contribution is -2.24. The van der Waals surface area contributed by atoms with Gasteiger partial charge < -0.3 is 19.1 Å². The van der Waals surface area contributed by atoms with Crippen LogP contribution in [0.3, 0.4) is 0 Å². The molecule has 0 saturated carbocycles. The molecule has 6 nitrogen and oxygen atoms in total. The second-order valence-electron chi connectivity index (χ2n) is 6.08. The van der Waals surface area contributed by atoms with Crippen molar-refractivity contribution in [2.24, 2.45) is 0 Å². The fourth-order valence-corrected chi connectivity index (χ4v) is 3.09. The molecule has 1 heterocycles. The van der Waals surface area contributed by atoms with E-state index in [1.165, 1.54) is 0 Å². The summed E-state index contributed by atoms with van der Waals surface area (Å²) < 4.78 is 16.6. The highest BCUT2D eigenvalue weighted by Gasteiger charge is 2.14. The predicted octanol–water partition coefficient (Wildman–Crippen LogP) is 4.47. The smallest absolute Gasteiger partial charge is 0.232 e. The summed E-state index contributed by atoms with van der Waals surface area (Å²) in [6.45, 7) is 1.28. The number of rotatable bonds is 8. The Hall–Kier alpha value is -2.80. The lowest BCUT2D eigenvalue weighted by molar-refractivity contribution is 0.393. The van der Waals surface area contributed by atoms with Gasteiger partial charge in [-0.15, -0.1) is 0 Å². The zero-order valence-electron chi connectivity index (χ0n) is 16.1. The molecule has 0 N–H and O–H groups in total. The highest BCUT2D eigenvalue weighted by atomic mass is 79.9. The van der Waals surface area contributed by atoms with Gasteiger partial charge in [0, 0.05) is 13.1 Å². The standard InChI is InChI=1S/C21H22BrN3O3/c1-26-17-8-4-15(5-9-17)13-25(14-16-6-10-18(27-2)11-7-16)21-23-12-19(22)20(24-21)28-3/h4-12H,13-14H2,1-3H3. The van der Waals surface area contributed by atoms with E-state index < -0.39 is 0 Å². The molecular formula is C21H22BrN3O3. The average molecular weight is 444 g/mol. The number of hydrogen-bond acceptors (Lipinski definition) is 6. The number of anilines is 1. The molecule has 0 unspecified atom stereocenters. The number of halogens is 1. The van der Waals surface area contributed by atoms with Crippen molar-refractivity contribution in [3.63, 3.8) is 0 Å². The van der Waals surface area contributed by atoms with Gasteiger partial charge in [-0.1, -0.05) is 24.3 Å². The average Bonchev–Trinajstić information content (AvgIpc) is 2.74. The van der Waals surface area contributed by atoms with E-state index in [-0.39, 0.29) is 0 Å². The molecule has 0 aliphatic carbocycles. The van der Waals surface area contributed by atoms with Gasteiger partial charge in [0.05, 0.1) is 32.0 Å². The first-order valence-corrected chi connectivity index (χ1v) is 9.49. The van der Waals surface area contributed by atoms with Crippen LogP contribution in [0.5, 0.6) is 17.4 Å². The van der Waals surface area contributed by atoms with Crippen LogP contribution in [-0.2, 0) is 13.1 Å². The Balaban J connectivity index is 1.89. The van der Waals surface area contributed by atoms with Gasteiger partial charge in [-0.3, -0.25) is 0 Å². The zero-order chi connectivity index (χ0) is 19.9. The number of nitrogens with zero attached hydrogens (tertiary/aromatic N) is 3. The van der Waals surface area contributed by atoms with E-state index in [0.717, 1.165) is 22.6 Å². The molecule has 2 aromatic carbocycles. The van der Waals surface area contributed by atoms with E-state index in [0.29, 0.717) is 29.4 Å². The van der Waals surface area contributed by atoms with Crippen LogP contribution < -0.4 is 19.1 Å². The van der Waals surface area contributed by atoms with Crippen LogP contribution in [0.15, 0.2) is 59.2 Å². The summed E-state index contributed by atoms with van der Waals surface area (Å²) in [5, 5.41) is 0. The second-order valence-corrected chi connectivity index (χ2v) is 6.93. The van der Waals surface area contributed by atoms with Gasteiger partial charge >= 0.3 is 0 Å². The van der Waals surface area contributed by atoms with Crippen LogP contribution in [0.2, 0.25) is 0 Å². The molecule has 7 heteroatoms. The van der Waals surface area contributed by atoms with Gasteiger partial charge in [0.2, 0.25) is 11.8 Å². The fourth-order valence-electron chi connectivity index (χ4n) is 2.74. The normalized spacial score (nSPS) is 10.4.